The van der Waals surface area contributed by atoms with Crippen LogP contribution in [0.15, 0.2) is 30.5 Å². The van der Waals surface area contributed by atoms with Gasteiger partial charge in [-0.3, -0.25) is 4.68 Å². The zero-order valence-electron chi connectivity index (χ0n) is 11.3. The highest BCUT2D eigenvalue weighted by atomic mass is 19.1. The molecule has 1 unspecified atom stereocenters. The van der Waals surface area contributed by atoms with Gasteiger partial charge in [-0.1, -0.05) is 13.0 Å². The maximum atomic E-state index is 13.2. The first-order valence-electron chi connectivity index (χ1n) is 6.56. The minimum Gasteiger partial charge on any atom is -0.386 e. The molecule has 3 nitrogen and oxygen atoms in total. The first kappa shape index (κ1) is 13.7. The van der Waals surface area contributed by atoms with E-state index >= 15 is 0 Å². The second kappa shape index (κ2) is 5.97. The highest BCUT2D eigenvalue weighted by Crippen LogP contribution is 2.21. The Labute approximate surface area is 112 Å². The Morgan fingerprint density at radius 3 is 2.89 bits per heavy atom. The number of aliphatic hydroxyl groups excluding tert-OH is 1. The molecule has 1 N–H and O–H groups in total. The maximum absolute atomic E-state index is 13.2. The Morgan fingerprint density at radius 1 is 1.37 bits per heavy atom. The number of hydrogen-bond donors (Lipinski definition) is 1. The zero-order valence-corrected chi connectivity index (χ0v) is 11.3. The lowest BCUT2D eigenvalue weighted by atomic mass is 10.0. The normalized spacial score (nSPS) is 12.6. The van der Waals surface area contributed by atoms with Gasteiger partial charge in [-0.05, 0) is 42.7 Å². The van der Waals surface area contributed by atoms with Crippen molar-refractivity contribution in [1.29, 1.82) is 0 Å². The second-order valence-electron chi connectivity index (χ2n) is 4.77. The van der Waals surface area contributed by atoms with Gasteiger partial charge < -0.3 is 5.11 Å². The second-order valence-corrected chi connectivity index (χ2v) is 4.77. The third-order valence-corrected chi connectivity index (χ3v) is 3.25. The molecule has 1 aromatic carbocycles. The van der Waals surface area contributed by atoms with Gasteiger partial charge in [-0.25, -0.2) is 4.39 Å². The fourth-order valence-corrected chi connectivity index (χ4v) is 2.20. The minimum atomic E-state index is -0.658. The summed E-state index contributed by atoms with van der Waals surface area (Å²) in [5, 5.41) is 14.5. The molecule has 0 radical (unpaired) electrons. The van der Waals surface area contributed by atoms with Gasteiger partial charge in [-0.2, -0.15) is 5.10 Å². The summed E-state index contributed by atoms with van der Waals surface area (Å²) in [6.07, 6.45) is 2.39. The molecule has 1 aromatic heterocycles. The molecule has 4 heteroatoms. The largest absolute Gasteiger partial charge is 0.386 e. The van der Waals surface area contributed by atoms with E-state index in [1.165, 1.54) is 12.1 Å². The smallest absolute Gasteiger partial charge is 0.123 e. The van der Waals surface area contributed by atoms with E-state index < -0.39 is 6.10 Å². The van der Waals surface area contributed by atoms with E-state index in [-0.39, 0.29) is 5.82 Å². The highest BCUT2D eigenvalue weighted by Gasteiger charge is 2.15. The van der Waals surface area contributed by atoms with Gasteiger partial charge in [0.2, 0.25) is 0 Å². The van der Waals surface area contributed by atoms with Crippen LogP contribution >= 0.6 is 0 Å². The van der Waals surface area contributed by atoms with Crippen LogP contribution in [0.4, 0.5) is 4.39 Å². The summed E-state index contributed by atoms with van der Waals surface area (Å²) in [6, 6.07) is 6.47. The van der Waals surface area contributed by atoms with Crippen LogP contribution in [0.5, 0.6) is 0 Å². The van der Waals surface area contributed by atoms with Crippen LogP contribution in [0.2, 0.25) is 0 Å². The molecule has 0 saturated heterocycles. The maximum Gasteiger partial charge on any atom is 0.123 e. The average molecular weight is 262 g/mol. The molecule has 0 fully saturated rings. The number of rotatable bonds is 5. The molecule has 0 aliphatic heterocycles. The molecule has 102 valence electrons. The lowest BCUT2D eigenvalue weighted by molar-refractivity contribution is 0.166. The van der Waals surface area contributed by atoms with Crippen LogP contribution in [0.1, 0.15) is 36.3 Å². The van der Waals surface area contributed by atoms with Gasteiger partial charge in [0, 0.05) is 19.2 Å². The van der Waals surface area contributed by atoms with E-state index in [1.807, 2.05) is 13.0 Å². The quantitative estimate of drug-likeness (QED) is 0.899. The Kier molecular flexibility index (Phi) is 4.32. The number of aryl methyl sites for hydroxylation is 2. The molecule has 0 aliphatic rings. The number of halogens is 1. The number of aliphatic hydroxyl groups is 1. The van der Waals surface area contributed by atoms with Gasteiger partial charge in [0.1, 0.15) is 5.82 Å². The number of nitrogens with zero attached hydrogens (tertiary/aromatic N) is 2. The monoisotopic (exact) mass is 262 g/mol. The predicted molar refractivity (Wildman–Crippen MR) is 72.3 cm³/mol. The fourth-order valence-electron chi connectivity index (χ4n) is 2.20. The van der Waals surface area contributed by atoms with Crippen LogP contribution in [-0.4, -0.2) is 14.9 Å². The Bertz CT molecular complexity index is 551. The van der Waals surface area contributed by atoms with Crippen LogP contribution in [0.3, 0.4) is 0 Å². The van der Waals surface area contributed by atoms with E-state index in [0.717, 1.165) is 29.8 Å². The molecule has 0 saturated carbocycles. The summed E-state index contributed by atoms with van der Waals surface area (Å²) in [7, 11) is 0. The van der Waals surface area contributed by atoms with Crippen molar-refractivity contribution >= 4 is 0 Å². The van der Waals surface area contributed by atoms with Crippen LogP contribution in [0.25, 0.3) is 0 Å². The van der Waals surface area contributed by atoms with Gasteiger partial charge in [-0.15, -0.1) is 0 Å². The standard InChI is InChI=1S/C15H19FN2O/c1-3-8-18-14(6-7-17-18)15(19)10-12-9-13(16)5-4-11(12)2/h4-7,9,15,19H,3,8,10H2,1-2H3. The lowest BCUT2D eigenvalue weighted by Gasteiger charge is -2.14. The van der Waals surface area contributed by atoms with E-state index in [4.69, 9.17) is 0 Å². The molecule has 2 aromatic rings. The predicted octanol–water partition coefficient (Wildman–Crippen LogP) is 3.02. The SMILES string of the molecule is CCCn1nccc1C(O)Cc1cc(F)ccc1C. The summed E-state index contributed by atoms with van der Waals surface area (Å²) < 4.78 is 15.0. The van der Waals surface area contributed by atoms with Gasteiger partial charge in [0.25, 0.3) is 0 Å². The summed E-state index contributed by atoms with van der Waals surface area (Å²) in [5.41, 5.74) is 2.60. The number of hydrogen-bond acceptors (Lipinski definition) is 2. The first-order valence-corrected chi connectivity index (χ1v) is 6.56. The van der Waals surface area contributed by atoms with E-state index in [1.54, 1.807) is 16.9 Å². The lowest BCUT2D eigenvalue weighted by Crippen LogP contribution is -2.11. The molecule has 19 heavy (non-hydrogen) atoms. The molecule has 0 spiro atoms. The van der Waals surface area contributed by atoms with E-state index in [2.05, 4.69) is 12.0 Å². The van der Waals surface area contributed by atoms with Crippen molar-refractivity contribution in [2.45, 2.75) is 39.3 Å². The Balaban J connectivity index is 2.18. The van der Waals surface area contributed by atoms with Gasteiger partial charge >= 0.3 is 0 Å². The Morgan fingerprint density at radius 2 is 2.16 bits per heavy atom. The van der Waals surface area contributed by atoms with Gasteiger partial charge in [0.05, 0.1) is 11.8 Å². The van der Waals surface area contributed by atoms with Crippen LogP contribution in [0, 0.1) is 12.7 Å². The molecule has 0 amide bonds. The van der Waals surface area contributed by atoms with Crippen LogP contribution in [-0.2, 0) is 13.0 Å². The summed E-state index contributed by atoms with van der Waals surface area (Å²) in [6.45, 7) is 4.76. The van der Waals surface area contributed by atoms with E-state index in [9.17, 15) is 9.50 Å². The summed E-state index contributed by atoms with van der Waals surface area (Å²) in [4.78, 5) is 0. The summed E-state index contributed by atoms with van der Waals surface area (Å²) >= 11 is 0. The average Bonchev–Trinajstić information content (AvgIpc) is 2.82. The van der Waals surface area contributed by atoms with Crippen molar-refractivity contribution in [1.82, 2.24) is 9.78 Å². The van der Waals surface area contributed by atoms with Crippen molar-refractivity contribution in [3.05, 3.63) is 53.1 Å². The van der Waals surface area contributed by atoms with Crippen LogP contribution < -0.4 is 0 Å². The molecule has 0 bridgehead atoms. The topological polar surface area (TPSA) is 38.0 Å². The minimum absolute atomic E-state index is 0.269. The number of benzene rings is 1. The first-order chi connectivity index (χ1) is 9.11. The molecular formula is C15H19FN2O. The zero-order chi connectivity index (χ0) is 13.8. The third kappa shape index (κ3) is 3.20. The third-order valence-electron chi connectivity index (χ3n) is 3.25. The van der Waals surface area contributed by atoms with Crippen molar-refractivity contribution in [2.24, 2.45) is 0 Å². The fraction of sp³-hybridized carbons (Fsp3) is 0.400. The van der Waals surface area contributed by atoms with Crippen molar-refractivity contribution in [3.63, 3.8) is 0 Å². The Hall–Kier alpha value is -1.68. The molecule has 0 aliphatic carbocycles. The molecule has 1 heterocycles. The van der Waals surface area contributed by atoms with Gasteiger partial charge in [0.15, 0.2) is 0 Å². The summed E-state index contributed by atoms with van der Waals surface area (Å²) in [5.74, 6) is -0.269. The van der Waals surface area contributed by atoms with Crippen molar-refractivity contribution < 1.29 is 9.50 Å². The number of aromatic nitrogens is 2. The molecule has 2 rings (SSSR count). The molecular weight excluding hydrogens is 243 g/mol. The van der Waals surface area contributed by atoms with Crippen molar-refractivity contribution in [2.75, 3.05) is 0 Å². The molecule has 1 atom stereocenters. The van der Waals surface area contributed by atoms with E-state index in [0.29, 0.717) is 6.42 Å². The van der Waals surface area contributed by atoms with Crippen molar-refractivity contribution in [3.8, 4) is 0 Å². The highest BCUT2D eigenvalue weighted by molar-refractivity contribution is 5.28.